The smallest absolute Gasteiger partial charge is 0.168 e. The average Bonchev–Trinajstić information content (AvgIpc) is 2.15. The molecule has 0 aliphatic heterocycles. The molecule has 0 aliphatic rings. The predicted molar refractivity (Wildman–Crippen MR) is 73.0 cm³/mol. The van der Waals surface area contributed by atoms with Gasteiger partial charge in [0.15, 0.2) is 5.52 Å². The number of nitrogens with one attached hydrogen (secondary N) is 1. The topological polar surface area (TPSA) is 29.1 Å². The fraction of sp³-hybridized carbons (Fsp3) is 0.889. The highest BCUT2D eigenvalue weighted by Crippen LogP contribution is 2.19. The van der Waals surface area contributed by atoms with Crippen molar-refractivity contribution in [1.82, 2.24) is 5.32 Å². The van der Waals surface area contributed by atoms with Gasteiger partial charge >= 0.3 is 0 Å². The van der Waals surface area contributed by atoms with E-state index in [-0.39, 0.29) is 6.04 Å². The number of carbonyl (C=O) groups excluding carboxylic acids is 1. The number of carbonyl (C=O) groups is 1. The molecule has 0 amide bonds. The molecule has 4 unspecified atom stereocenters. The number of hydrogen-bond donors (Lipinski definition) is 2. The molecule has 84 valence electrons. The van der Waals surface area contributed by atoms with Crippen LogP contribution in [0.5, 0.6) is 0 Å². The highest BCUT2D eigenvalue weighted by Gasteiger charge is 2.17. The number of rotatable bonds is 8. The van der Waals surface area contributed by atoms with Crippen molar-refractivity contribution in [1.29, 1.82) is 0 Å². The molecule has 0 spiro atoms. The van der Waals surface area contributed by atoms with Gasteiger partial charge in [-0.3, -0.25) is 4.79 Å². The lowest BCUT2D eigenvalue weighted by Crippen LogP contribution is -2.40. The summed E-state index contributed by atoms with van der Waals surface area (Å²) < 4.78 is 0. The van der Waals surface area contributed by atoms with Crippen LogP contribution in [0, 0.1) is 0 Å². The molecule has 0 rings (SSSR count). The molecule has 4 atom stereocenters. The van der Waals surface area contributed by atoms with Crippen LogP contribution in [0.1, 0.15) is 20.8 Å². The summed E-state index contributed by atoms with van der Waals surface area (Å²) in [6, 6.07) is -0.0364. The van der Waals surface area contributed by atoms with Crippen LogP contribution in [0.2, 0.25) is 0 Å². The molecule has 0 aromatic heterocycles. The molecule has 14 heavy (non-hydrogen) atoms. The minimum atomic E-state index is -0.0364. The SMILES string of the molecule is CCPC(=O)C(CS)NC(C)PCC. The maximum atomic E-state index is 11.6. The Balaban J connectivity index is 3.94. The summed E-state index contributed by atoms with van der Waals surface area (Å²) in [5.74, 6) is 1.06. The number of thiol groups is 1. The Hall–Kier alpha value is 0.840. The van der Waals surface area contributed by atoms with E-state index in [1.54, 1.807) is 0 Å². The first-order valence-electron chi connectivity index (χ1n) is 5.03. The van der Waals surface area contributed by atoms with E-state index < -0.39 is 0 Å². The van der Waals surface area contributed by atoms with Gasteiger partial charge < -0.3 is 5.32 Å². The minimum Gasteiger partial charge on any atom is -0.300 e. The van der Waals surface area contributed by atoms with Crippen LogP contribution in [-0.4, -0.2) is 35.4 Å². The molecule has 1 N–H and O–H groups in total. The molecule has 0 aromatic rings. The van der Waals surface area contributed by atoms with Gasteiger partial charge in [0.1, 0.15) is 0 Å². The summed E-state index contributed by atoms with van der Waals surface area (Å²) in [5, 5.41) is 3.35. The lowest BCUT2D eigenvalue weighted by Gasteiger charge is -2.20. The van der Waals surface area contributed by atoms with Crippen LogP contribution in [0.15, 0.2) is 0 Å². The van der Waals surface area contributed by atoms with Crippen LogP contribution in [0.4, 0.5) is 0 Å². The van der Waals surface area contributed by atoms with Crippen LogP contribution in [-0.2, 0) is 4.79 Å². The quantitative estimate of drug-likeness (QED) is 0.512. The van der Waals surface area contributed by atoms with E-state index in [1.165, 1.54) is 6.16 Å². The first-order chi connectivity index (χ1) is 6.65. The summed E-state index contributed by atoms with van der Waals surface area (Å²) in [5.41, 5.74) is 0.329. The molecular weight excluding hydrogens is 232 g/mol. The second kappa shape index (κ2) is 9.09. The minimum absolute atomic E-state index is 0.0364. The van der Waals surface area contributed by atoms with Gasteiger partial charge in [-0.15, -0.1) is 8.58 Å². The van der Waals surface area contributed by atoms with Crippen molar-refractivity contribution in [2.24, 2.45) is 0 Å². The van der Waals surface area contributed by atoms with E-state index in [4.69, 9.17) is 0 Å². The van der Waals surface area contributed by atoms with Gasteiger partial charge in [0.25, 0.3) is 0 Å². The maximum absolute atomic E-state index is 11.6. The molecule has 0 saturated heterocycles. The molecular formula is C9H21NOP2S. The van der Waals surface area contributed by atoms with Gasteiger partial charge in [-0.25, -0.2) is 0 Å². The monoisotopic (exact) mass is 253 g/mol. The summed E-state index contributed by atoms with van der Waals surface area (Å²) in [7, 11) is 1.32. The van der Waals surface area contributed by atoms with E-state index in [2.05, 4.69) is 31.8 Å². The summed E-state index contributed by atoms with van der Waals surface area (Å²) in [4.78, 5) is 11.6. The van der Waals surface area contributed by atoms with Crippen molar-refractivity contribution in [3.8, 4) is 0 Å². The van der Waals surface area contributed by atoms with Crippen molar-refractivity contribution in [2.75, 3.05) is 18.1 Å². The Morgan fingerprint density at radius 2 is 2.07 bits per heavy atom. The molecule has 0 radical (unpaired) electrons. The van der Waals surface area contributed by atoms with E-state index in [0.717, 1.165) is 14.7 Å². The Morgan fingerprint density at radius 3 is 2.50 bits per heavy atom. The zero-order valence-electron chi connectivity index (χ0n) is 9.13. The van der Waals surface area contributed by atoms with Gasteiger partial charge in [-0.1, -0.05) is 13.8 Å². The van der Waals surface area contributed by atoms with Crippen molar-refractivity contribution in [3.05, 3.63) is 0 Å². The zero-order valence-corrected chi connectivity index (χ0v) is 12.0. The van der Waals surface area contributed by atoms with Gasteiger partial charge in [0, 0.05) is 11.5 Å². The van der Waals surface area contributed by atoms with E-state index in [9.17, 15) is 4.79 Å². The second-order valence-corrected chi connectivity index (χ2v) is 6.98. The molecule has 0 bridgehead atoms. The largest absolute Gasteiger partial charge is 0.300 e. The summed E-state index contributed by atoms with van der Waals surface area (Å²) >= 11 is 4.21. The van der Waals surface area contributed by atoms with E-state index >= 15 is 0 Å². The standard InChI is InChI=1S/C9H21NOP2S/c1-4-12-7(3)10-8(6-14)9(11)13-5-2/h7-8,10,12-14H,4-6H2,1-3H3. The molecule has 0 fully saturated rings. The second-order valence-electron chi connectivity index (χ2n) is 3.08. The first kappa shape index (κ1) is 14.8. The summed E-state index contributed by atoms with van der Waals surface area (Å²) in [6.45, 7) is 6.35. The molecule has 0 heterocycles. The van der Waals surface area contributed by atoms with Crippen LogP contribution >= 0.6 is 29.8 Å². The zero-order chi connectivity index (χ0) is 11.0. The highest BCUT2D eigenvalue weighted by molar-refractivity contribution is 7.80. The van der Waals surface area contributed by atoms with Crippen molar-refractivity contribution < 1.29 is 4.79 Å². The van der Waals surface area contributed by atoms with Gasteiger partial charge in [0.2, 0.25) is 0 Å². The Morgan fingerprint density at radius 1 is 1.43 bits per heavy atom. The van der Waals surface area contributed by atoms with E-state index in [1.807, 2.05) is 6.92 Å². The number of hydrogen-bond acceptors (Lipinski definition) is 3. The van der Waals surface area contributed by atoms with Crippen molar-refractivity contribution >= 4 is 35.3 Å². The fourth-order valence-corrected chi connectivity index (χ4v) is 3.33. The van der Waals surface area contributed by atoms with Crippen molar-refractivity contribution in [2.45, 2.75) is 32.6 Å². The molecule has 0 aliphatic carbocycles. The lowest BCUT2D eigenvalue weighted by atomic mass is 10.4. The molecule has 0 aromatic carbocycles. The third-order valence-electron chi connectivity index (χ3n) is 1.81. The highest BCUT2D eigenvalue weighted by atomic mass is 32.1. The molecule has 5 heteroatoms. The Labute approximate surface area is 96.4 Å². The Kier molecular flexibility index (Phi) is 9.64. The maximum Gasteiger partial charge on any atom is 0.168 e. The van der Waals surface area contributed by atoms with Crippen LogP contribution < -0.4 is 5.32 Å². The van der Waals surface area contributed by atoms with Gasteiger partial charge in [-0.05, 0) is 27.8 Å². The third-order valence-corrected chi connectivity index (χ3v) is 4.41. The molecule has 2 nitrogen and oxygen atoms in total. The van der Waals surface area contributed by atoms with Crippen molar-refractivity contribution in [3.63, 3.8) is 0 Å². The fourth-order valence-electron chi connectivity index (χ4n) is 1.18. The average molecular weight is 253 g/mol. The normalized spacial score (nSPS) is 16.9. The lowest BCUT2D eigenvalue weighted by molar-refractivity contribution is -0.112. The first-order valence-corrected chi connectivity index (χ1v) is 8.16. The predicted octanol–water partition coefficient (Wildman–Crippen LogP) is 2.14. The third kappa shape index (κ3) is 6.35. The van der Waals surface area contributed by atoms with Crippen LogP contribution in [0.3, 0.4) is 0 Å². The van der Waals surface area contributed by atoms with Gasteiger partial charge in [0.05, 0.1) is 6.04 Å². The Bertz CT molecular complexity index is 169. The van der Waals surface area contributed by atoms with Crippen LogP contribution in [0.25, 0.3) is 0 Å². The van der Waals surface area contributed by atoms with Gasteiger partial charge in [-0.2, -0.15) is 12.6 Å². The van der Waals surface area contributed by atoms with E-state index in [0.29, 0.717) is 25.6 Å². The molecule has 0 saturated carbocycles. The summed E-state index contributed by atoms with van der Waals surface area (Å²) in [6.07, 6.45) is 2.13.